The van der Waals surface area contributed by atoms with Crippen LogP contribution in [-0.4, -0.2) is 5.84 Å². The predicted octanol–water partition coefficient (Wildman–Crippen LogP) is 2.62. The SMILES string of the molecule is C=C(CC)C(=CN)C(N)=Nc1ccccc1F. The highest BCUT2D eigenvalue weighted by atomic mass is 19.1. The van der Waals surface area contributed by atoms with Crippen molar-refractivity contribution in [3.05, 3.63) is 54.0 Å². The van der Waals surface area contributed by atoms with E-state index in [1.165, 1.54) is 12.3 Å². The highest BCUT2D eigenvalue weighted by Gasteiger charge is 2.07. The third kappa shape index (κ3) is 3.17. The number of halogens is 1. The Morgan fingerprint density at radius 3 is 2.65 bits per heavy atom. The minimum absolute atomic E-state index is 0.171. The summed E-state index contributed by atoms with van der Waals surface area (Å²) in [4.78, 5) is 4.01. The molecule has 1 aromatic carbocycles. The lowest BCUT2D eigenvalue weighted by atomic mass is 10.1. The fourth-order valence-corrected chi connectivity index (χ4v) is 1.31. The van der Waals surface area contributed by atoms with Crippen LogP contribution in [0, 0.1) is 5.82 Å². The third-order valence-corrected chi connectivity index (χ3v) is 2.34. The van der Waals surface area contributed by atoms with Crippen LogP contribution in [0.2, 0.25) is 0 Å². The van der Waals surface area contributed by atoms with Crippen molar-refractivity contribution in [3.8, 4) is 0 Å². The summed E-state index contributed by atoms with van der Waals surface area (Å²) < 4.78 is 13.4. The third-order valence-electron chi connectivity index (χ3n) is 2.34. The topological polar surface area (TPSA) is 64.4 Å². The molecular weight excluding hydrogens is 217 g/mol. The Labute approximate surface area is 100 Å². The quantitative estimate of drug-likeness (QED) is 0.477. The van der Waals surface area contributed by atoms with Gasteiger partial charge in [0.25, 0.3) is 0 Å². The summed E-state index contributed by atoms with van der Waals surface area (Å²) in [5.41, 5.74) is 12.8. The summed E-state index contributed by atoms with van der Waals surface area (Å²) in [5, 5.41) is 0. The second-order valence-corrected chi connectivity index (χ2v) is 3.49. The maximum Gasteiger partial charge on any atom is 0.148 e. The Hall–Kier alpha value is -2.10. The van der Waals surface area contributed by atoms with E-state index in [9.17, 15) is 4.39 Å². The van der Waals surface area contributed by atoms with Crippen molar-refractivity contribution in [2.24, 2.45) is 16.5 Å². The van der Waals surface area contributed by atoms with Gasteiger partial charge in [-0.15, -0.1) is 0 Å². The zero-order valence-corrected chi connectivity index (χ0v) is 9.78. The van der Waals surface area contributed by atoms with Crippen LogP contribution in [0.1, 0.15) is 13.3 Å². The number of hydrogen-bond donors (Lipinski definition) is 2. The van der Waals surface area contributed by atoms with E-state index in [2.05, 4.69) is 11.6 Å². The van der Waals surface area contributed by atoms with Crippen LogP contribution in [0.15, 0.2) is 53.2 Å². The van der Waals surface area contributed by atoms with Gasteiger partial charge < -0.3 is 11.5 Å². The Morgan fingerprint density at radius 1 is 1.47 bits per heavy atom. The monoisotopic (exact) mass is 233 g/mol. The first-order valence-electron chi connectivity index (χ1n) is 5.29. The maximum atomic E-state index is 13.4. The standard InChI is InChI=1S/C13H16FN3/c1-3-9(2)10(8-15)13(16)17-12-7-5-4-6-11(12)14/h4-8H,2-3,15H2,1H3,(H2,16,17). The van der Waals surface area contributed by atoms with E-state index in [-0.39, 0.29) is 11.5 Å². The van der Waals surface area contributed by atoms with Gasteiger partial charge in [0, 0.05) is 11.8 Å². The van der Waals surface area contributed by atoms with Gasteiger partial charge in [0.1, 0.15) is 17.3 Å². The molecule has 17 heavy (non-hydrogen) atoms. The van der Waals surface area contributed by atoms with Crippen molar-refractivity contribution in [2.75, 3.05) is 0 Å². The number of aliphatic imine (C=N–C) groups is 1. The molecule has 0 aliphatic heterocycles. The number of nitrogens with zero attached hydrogens (tertiary/aromatic N) is 1. The van der Waals surface area contributed by atoms with Crippen LogP contribution < -0.4 is 11.5 Å². The molecule has 0 atom stereocenters. The number of para-hydroxylation sites is 1. The van der Waals surface area contributed by atoms with Crippen molar-refractivity contribution in [2.45, 2.75) is 13.3 Å². The molecule has 0 radical (unpaired) electrons. The van der Waals surface area contributed by atoms with E-state index in [0.717, 1.165) is 5.57 Å². The molecule has 0 bridgehead atoms. The molecule has 0 spiro atoms. The molecule has 90 valence electrons. The molecule has 0 aromatic heterocycles. The first kappa shape index (κ1) is 13.0. The second-order valence-electron chi connectivity index (χ2n) is 3.49. The van der Waals surface area contributed by atoms with E-state index in [1.54, 1.807) is 18.2 Å². The molecule has 4 heteroatoms. The molecule has 3 nitrogen and oxygen atoms in total. The van der Waals surface area contributed by atoms with E-state index < -0.39 is 5.82 Å². The van der Waals surface area contributed by atoms with Crippen molar-refractivity contribution in [1.29, 1.82) is 0 Å². The molecule has 0 fully saturated rings. The summed E-state index contributed by atoms with van der Waals surface area (Å²) >= 11 is 0. The van der Waals surface area contributed by atoms with Crippen LogP contribution in [0.5, 0.6) is 0 Å². The van der Waals surface area contributed by atoms with E-state index in [0.29, 0.717) is 12.0 Å². The molecule has 1 rings (SSSR count). The molecule has 0 heterocycles. The number of hydrogen-bond acceptors (Lipinski definition) is 2. The van der Waals surface area contributed by atoms with Gasteiger partial charge in [0.05, 0.1) is 0 Å². The predicted molar refractivity (Wildman–Crippen MR) is 69.4 cm³/mol. The molecular formula is C13H16FN3. The van der Waals surface area contributed by atoms with Gasteiger partial charge in [-0.25, -0.2) is 9.38 Å². The molecule has 0 amide bonds. The lowest BCUT2D eigenvalue weighted by Crippen LogP contribution is -2.17. The Bertz CT molecular complexity index is 475. The first-order valence-corrected chi connectivity index (χ1v) is 5.29. The van der Waals surface area contributed by atoms with Crippen molar-refractivity contribution in [3.63, 3.8) is 0 Å². The highest BCUT2D eigenvalue weighted by Crippen LogP contribution is 2.19. The van der Waals surface area contributed by atoms with Crippen LogP contribution in [0.4, 0.5) is 10.1 Å². The summed E-state index contributed by atoms with van der Waals surface area (Å²) in [5.74, 6) is -0.251. The Kier molecular flexibility index (Phi) is 4.46. The Balaban J connectivity index is 3.08. The molecule has 0 unspecified atom stereocenters. The molecule has 0 saturated heterocycles. The number of benzene rings is 1. The number of amidine groups is 1. The average Bonchev–Trinajstić information content (AvgIpc) is 2.32. The van der Waals surface area contributed by atoms with E-state index >= 15 is 0 Å². The molecule has 0 aliphatic carbocycles. The summed E-state index contributed by atoms with van der Waals surface area (Å²) in [6.07, 6.45) is 2.04. The molecule has 0 saturated carbocycles. The minimum Gasteiger partial charge on any atom is -0.404 e. The maximum absolute atomic E-state index is 13.4. The minimum atomic E-state index is -0.422. The highest BCUT2D eigenvalue weighted by molar-refractivity contribution is 6.02. The van der Waals surface area contributed by atoms with Crippen LogP contribution in [0.3, 0.4) is 0 Å². The van der Waals surface area contributed by atoms with Gasteiger partial charge >= 0.3 is 0 Å². The van der Waals surface area contributed by atoms with Crippen LogP contribution >= 0.6 is 0 Å². The normalized spacial score (nSPS) is 12.6. The van der Waals surface area contributed by atoms with Gasteiger partial charge in [-0.2, -0.15) is 0 Å². The second kappa shape index (κ2) is 5.84. The zero-order chi connectivity index (χ0) is 12.8. The smallest absolute Gasteiger partial charge is 0.148 e. The van der Waals surface area contributed by atoms with Crippen LogP contribution in [-0.2, 0) is 0 Å². The van der Waals surface area contributed by atoms with E-state index in [4.69, 9.17) is 11.5 Å². The Morgan fingerprint density at radius 2 is 2.12 bits per heavy atom. The van der Waals surface area contributed by atoms with Crippen molar-refractivity contribution in [1.82, 2.24) is 0 Å². The number of rotatable bonds is 4. The molecule has 4 N–H and O–H groups in total. The summed E-state index contributed by atoms with van der Waals surface area (Å²) in [7, 11) is 0. The summed E-state index contributed by atoms with van der Waals surface area (Å²) in [6.45, 7) is 5.76. The van der Waals surface area contributed by atoms with E-state index in [1.807, 2.05) is 6.92 Å². The van der Waals surface area contributed by atoms with Gasteiger partial charge in [-0.1, -0.05) is 25.6 Å². The van der Waals surface area contributed by atoms with Gasteiger partial charge in [-0.3, -0.25) is 0 Å². The molecule has 0 aliphatic rings. The zero-order valence-electron chi connectivity index (χ0n) is 9.78. The van der Waals surface area contributed by atoms with Crippen molar-refractivity contribution >= 4 is 11.5 Å². The van der Waals surface area contributed by atoms with Crippen molar-refractivity contribution < 1.29 is 4.39 Å². The molecule has 1 aromatic rings. The lowest BCUT2D eigenvalue weighted by molar-refractivity contribution is 0.630. The first-order chi connectivity index (χ1) is 8.10. The van der Waals surface area contributed by atoms with Gasteiger partial charge in [-0.05, 0) is 24.1 Å². The van der Waals surface area contributed by atoms with Gasteiger partial charge in [0.2, 0.25) is 0 Å². The van der Waals surface area contributed by atoms with Gasteiger partial charge in [0.15, 0.2) is 0 Å². The fourth-order valence-electron chi connectivity index (χ4n) is 1.31. The fraction of sp³-hybridized carbons (Fsp3) is 0.154. The summed E-state index contributed by atoms with van der Waals surface area (Å²) in [6, 6.07) is 6.16. The number of nitrogens with two attached hydrogens (primary N) is 2. The largest absolute Gasteiger partial charge is 0.404 e. The average molecular weight is 233 g/mol. The lowest BCUT2D eigenvalue weighted by Gasteiger charge is -2.07. The van der Waals surface area contributed by atoms with Crippen LogP contribution in [0.25, 0.3) is 0 Å².